The van der Waals surface area contributed by atoms with Crippen LogP contribution in [0.25, 0.3) is 0 Å². The van der Waals surface area contributed by atoms with Gasteiger partial charge < -0.3 is 0 Å². The van der Waals surface area contributed by atoms with Gasteiger partial charge in [0.15, 0.2) is 0 Å². The van der Waals surface area contributed by atoms with Crippen molar-refractivity contribution in [2.24, 2.45) is 5.92 Å². The van der Waals surface area contributed by atoms with Crippen LogP contribution in [0.2, 0.25) is 0 Å². The molecule has 0 amide bonds. The highest BCUT2D eigenvalue weighted by molar-refractivity contribution is 4.56. The van der Waals surface area contributed by atoms with E-state index in [1.165, 1.54) is 128 Å². The summed E-state index contributed by atoms with van der Waals surface area (Å²) < 4.78 is 0. The minimum Gasteiger partial charge on any atom is -0.0625 e. The summed E-state index contributed by atoms with van der Waals surface area (Å²) in [5, 5.41) is 0. The molecule has 0 saturated carbocycles. The Morgan fingerprint density at radius 3 is 0.923 bits per heavy atom. The van der Waals surface area contributed by atoms with Crippen LogP contribution < -0.4 is 0 Å². The van der Waals surface area contributed by atoms with Crippen LogP contribution in [0.4, 0.5) is 0 Å². The minimum atomic E-state index is 0.948. The van der Waals surface area contributed by atoms with Crippen molar-refractivity contribution in [2.45, 2.75) is 148 Å². The van der Waals surface area contributed by atoms with Gasteiger partial charge in [0.05, 0.1) is 0 Å². The van der Waals surface area contributed by atoms with E-state index in [1.807, 2.05) is 0 Å². The maximum atomic E-state index is 3.93. The summed E-state index contributed by atoms with van der Waals surface area (Å²) in [5.41, 5.74) is 0. The summed E-state index contributed by atoms with van der Waals surface area (Å²) in [6.45, 7) is 10.3. The van der Waals surface area contributed by atoms with Crippen molar-refractivity contribution < 1.29 is 0 Å². The molecule has 0 aliphatic rings. The fraction of sp³-hybridized carbons (Fsp3) is 0.923. The van der Waals surface area contributed by atoms with Gasteiger partial charge in [0.25, 0.3) is 0 Å². The van der Waals surface area contributed by atoms with Gasteiger partial charge in [0, 0.05) is 0 Å². The van der Waals surface area contributed by atoms with Crippen molar-refractivity contribution in [3.05, 3.63) is 13.8 Å². The van der Waals surface area contributed by atoms with Gasteiger partial charge in [-0.05, 0) is 5.92 Å². The maximum absolute atomic E-state index is 3.93. The standard InChI is InChI=1S/C26H52/c1-4-6-8-10-11-12-13-14-15-16-17-18-19-20-21-23-25-26(3)24-22-9-7-5-2/h26H,1-2,4-25H2,3H3. The minimum absolute atomic E-state index is 0.948. The lowest BCUT2D eigenvalue weighted by atomic mass is 9.96. The molecular weight excluding hydrogens is 312 g/mol. The molecule has 0 heteroatoms. The zero-order chi connectivity index (χ0) is 19.1. The molecule has 1 unspecified atom stereocenters. The molecule has 156 valence electrons. The van der Waals surface area contributed by atoms with Gasteiger partial charge in [-0.25, -0.2) is 0 Å². The normalized spacial score (nSPS) is 12.6. The van der Waals surface area contributed by atoms with E-state index < -0.39 is 0 Å². The summed E-state index contributed by atoms with van der Waals surface area (Å²) in [6.07, 6.45) is 31.1. The van der Waals surface area contributed by atoms with Crippen LogP contribution in [0.1, 0.15) is 148 Å². The third-order valence-corrected chi connectivity index (χ3v) is 5.89. The average Bonchev–Trinajstić information content (AvgIpc) is 2.65. The fourth-order valence-electron chi connectivity index (χ4n) is 3.96. The molecule has 0 nitrogen and oxygen atoms in total. The summed E-state index contributed by atoms with van der Waals surface area (Å²) in [7, 11) is 0. The van der Waals surface area contributed by atoms with Gasteiger partial charge in [0.2, 0.25) is 0 Å². The molecule has 0 aliphatic heterocycles. The molecule has 0 fully saturated rings. The summed E-state index contributed by atoms with van der Waals surface area (Å²) in [4.78, 5) is 0. The van der Waals surface area contributed by atoms with Crippen LogP contribution in [-0.2, 0) is 0 Å². The molecule has 0 N–H and O–H groups in total. The second-order valence-corrected chi connectivity index (χ2v) is 8.75. The Hall–Kier alpha value is 0. The molecule has 2 radical (unpaired) electrons. The highest BCUT2D eigenvalue weighted by Gasteiger charge is 2.02. The molecule has 0 saturated heterocycles. The zero-order valence-electron chi connectivity index (χ0n) is 18.5. The highest BCUT2D eigenvalue weighted by atomic mass is 14.1. The molecule has 0 aliphatic carbocycles. The van der Waals surface area contributed by atoms with E-state index in [4.69, 9.17) is 0 Å². The third-order valence-electron chi connectivity index (χ3n) is 5.89. The van der Waals surface area contributed by atoms with Crippen molar-refractivity contribution in [3.8, 4) is 0 Å². The number of unbranched alkanes of at least 4 members (excludes halogenated alkanes) is 18. The number of hydrogen-bond acceptors (Lipinski definition) is 0. The quantitative estimate of drug-likeness (QED) is 0.168. The van der Waals surface area contributed by atoms with Gasteiger partial charge in [-0.2, -0.15) is 0 Å². The highest BCUT2D eigenvalue weighted by Crippen LogP contribution is 2.18. The molecule has 0 bridgehead atoms. The van der Waals surface area contributed by atoms with E-state index in [-0.39, 0.29) is 0 Å². The van der Waals surface area contributed by atoms with Crippen LogP contribution in [0.5, 0.6) is 0 Å². The van der Waals surface area contributed by atoms with E-state index in [2.05, 4.69) is 20.8 Å². The second kappa shape index (κ2) is 23.0. The molecular formula is C26H52. The Morgan fingerprint density at radius 2 is 0.615 bits per heavy atom. The van der Waals surface area contributed by atoms with Crippen molar-refractivity contribution in [2.75, 3.05) is 0 Å². The Bertz CT molecular complexity index is 232. The topological polar surface area (TPSA) is 0 Å². The summed E-state index contributed by atoms with van der Waals surface area (Å²) >= 11 is 0. The third kappa shape index (κ3) is 22.0. The van der Waals surface area contributed by atoms with Crippen LogP contribution in [0, 0.1) is 19.8 Å². The molecule has 1 atom stereocenters. The van der Waals surface area contributed by atoms with Crippen LogP contribution >= 0.6 is 0 Å². The van der Waals surface area contributed by atoms with Crippen LogP contribution in [0.3, 0.4) is 0 Å². The zero-order valence-corrected chi connectivity index (χ0v) is 18.5. The van der Waals surface area contributed by atoms with E-state index in [1.54, 1.807) is 0 Å². The Labute approximate surface area is 168 Å². The smallest absolute Gasteiger partial charge is 0.0443 e. The predicted molar refractivity (Wildman–Crippen MR) is 121 cm³/mol. The first-order valence-electron chi connectivity index (χ1n) is 12.4. The molecule has 0 aromatic heterocycles. The first-order valence-corrected chi connectivity index (χ1v) is 12.4. The average molecular weight is 365 g/mol. The Morgan fingerprint density at radius 1 is 0.385 bits per heavy atom. The second-order valence-electron chi connectivity index (χ2n) is 8.75. The van der Waals surface area contributed by atoms with Crippen molar-refractivity contribution >= 4 is 0 Å². The molecule has 0 rings (SSSR count). The SMILES string of the molecule is [CH2]CCCCCCCCCCCCCCCCCC(C)CCCCC[CH2]. The Balaban J connectivity index is 3.06. The lowest BCUT2D eigenvalue weighted by molar-refractivity contribution is 0.434. The lowest BCUT2D eigenvalue weighted by Crippen LogP contribution is -1.95. The van der Waals surface area contributed by atoms with E-state index in [9.17, 15) is 0 Å². The summed E-state index contributed by atoms with van der Waals surface area (Å²) in [5.74, 6) is 0.948. The van der Waals surface area contributed by atoms with Crippen LogP contribution in [-0.4, -0.2) is 0 Å². The molecule has 0 spiro atoms. The van der Waals surface area contributed by atoms with Crippen LogP contribution in [0.15, 0.2) is 0 Å². The summed E-state index contributed by atoms with van der Waals surface area (Å²) in [6, 6.07) is 0. The molecule has 0 heterocycles. The largest absolute Gasteiger partial charge is 0.0625 e. The van der Waals surface area contributed by atoms with Crippen molar-refractivity contribution in [1.82, 2.24) is 0 Å². The van der Waals surface area contributed by atoms with Gasteiger partial charge in [-0.15, -0.1) is 0 Å². The van der Waals surface area contributed by atoms with Gasteiger partial charge in [-0.1, -0.05) is 162 Å². The van der Waals surface area contributed by atoms with E-state index in [0.717, 1.165) is 18.8 Å². The van der Waals surface area contributed by atoms with Gasteiger partial charge in [0.1, 0.15) is 0 Å². The lowest BCUT2D eigenvalue weighted by Gasteiger charge is -2.10. The maximum Gasteiger partial charge on any atom is -0.0443 e. The molecule has 0 aromatic carbocycles. The monoisotopic (exact) mass is 364 g/mol. The van der Waals surface area contributed by atoms with E-state index in [0.29, 0.717) is 0 Å². The Kier molecular flexibility index (Phi) is 23.0. The first kappa shape index (κ1) is 26.0. The van der Waals surface area contributed by atoms with Gasteiger partial charge >= 0.3 is 0 Å². The first-order chi connectivity index (χ1) is 12.8. The van der Waals surface area contributed by atoms with Crippen molar-refractivity contribution in [3.63, 3.8) is 0 Å². The molecule has 26 heavy (non-hydrogen) atoms. The predicted octanol–water partition coefficient (Wildman–Crippen LogP) is 9.87. The fourth-order valence-corrected chi connectivity index (χ4v) is 3.96. The number of hydrogen-bond donors (Lipinski definition) is 0. The molecule has 0 aromatic rings. The van der Waals surface area contributed by atoms with E-state index >= 15 is 0 Å². The van der Waals surface area contributed by atoms with Gasteiger partial charge in [-0.3, -0.25) is 0 Å². The van der Waals surface area contributed by atoms with Crippen molar-refractivity contribution in [1.29, 1.82) is 0 Å². The number of rotatable bonds is 22.